The number of imidazole rings is 1. The molecule has 2 aliphatic heterocycles. The van der Waals surface area contributed by atoms with Crippen molar-refractivity contribution in [1.82, 2.24) is 9.38 Å². The molecule has 0 saturated carbocycles. The summed E-state index contributed by atoms with van der Waals surface area (Å²) in [5.74, 6) is -1.05. The van der Waals surface area contributed by atoms with Crippen LogP contribution in [0.15, 0.2) is 106 Å². The Morgan fingerprint density at radius 3 is 1.80 bits per heavy atom. The van der Waals surface area contributed by atoms with E-state index < -0.39 is 21.7 Å². The van der Waals surface area contributed by atoms with Gasteiger partial charge in [-0.05, 0) is 59.3 Å². The number of imide groups is 1. The van der Waals surface area contributed by atoms with Gasteiger partial charge in [-0.2, -0.15) is 0 Å². The molecule has 0 radical (unpaired) electrons. The van der Waals surface area contributed by atoms with Crippen LogP contribution in [0.3, 0.4) is 0 Å². The molecule has 9 aromatic rings. The second-order valence-corrected chi connectivity index (χ2v) is 13.7. The van der Waals surface area contributed by atoms with Crippen molar-refractivity contribution < 1.29 is 18.0 Å². The largest absolute Gasteiger partial charge is 0.268 e. The van der Waals surface area contributed by atoms with Crippen LogP contribution >= 0.6 is 0 Å². The highest BCUT2D eigenvalue weighted by Gasteiger charge is 2.41. The number of para-hydroxylation sites is 3. The molecule has 0 bridgehead atoms. The van der Waals surface area contributed by atoms with Gasteiger partial charge in [-0.15, -0.1) is 0 Å². The number of hydrogen-bond donors (Lipinski definition) is 0. The third kappa shape index (κ3) is 3.81. The smallest absolute Gasteiger partial charge is 0.266 e. The zero-order chi connectivity index (χ0) is 36.1. The number of hydrogen-bond acceptors (Lipinski definition) is 6. The zero-order valence-electron chi connectivity index (χ0n) is 29.0. The van der Waals surface area contributed by atoms with Crippen molar-refractivity contribution in [3.63, 3.8) is 0 Å². The standard InChI is InChI=1S/C36H15N3O5S.3C2H6/c40-34-20-13-11-18-17-10-12-19-27-21(36(42)39-24-9-5-4-8-23(24)37-33(19)39)14-25-31(29(17)27)32-26(45(25,43)44)15-22(28(20)30(18)32)35(41)38(34)16-6-2-1-3-7-16;3*1-2/h1-15H;3*1-2H3. The highest BCUT2D eigenvalue weighted by Crippen LogP contribution is 2.54. The molecule has 2 aliphatic rings. The lowest BCUT2D eigenvalue weighted by atomic mass is 9.83. The van der Waals surface area contributed by atoms with Gasteiger partial charge < -0.3 is 0 Å². The Morgan fingerprint density at radius 1 is 0.529 bits per heavy atom. The topological polar surface area (TPSA) is 106 Å². The summed E-state index contributed by atoms with van der Waals surface area (Å²) in [4.78, 5) is 48.2. The summed E-state index contributed by atoms with van der Waals surface area (Å²) < 4.78 is 30.4. The molecule has 4 heterocycles. The van der Waals surface area contributed by atoms with Gasteiger partial charge in [0.05, 0.1) is 37.5 Å². The van der Waals surface area contributed by atoms with Crippen molar-refractivity contribution in [3.8, 4) is 0 Å². The van der Waals surface area contributed by atoms with Gasteiger partial charge in [0.1, 0.15) is 5.65 Å². The lowest BCUT2D eigenvalue weighted by Gasteiger charge is -2.28. The molecule has 0 N–H and O–H groups in total. The fourth-order valence-corrected chi connectivity index (χ4v) is 9.68. The predicted octanol–water partition coefficient (Wildman–Crippen LogP) is 9.51. The number of sulfone groups is 1. The SMILES string of the molecule is CC.CC.CC.O=C1c2ccc3c4ccc5c6c(cc7c(c8c(cc(c2c38)C(=O)N1c1ccccc1)S7(=O)=O)c46)c(=O)n1c2ccccc2nc51. The van der Waals surface area contributed by atoms with E-state index in [-0.39, 0.29) is 26.3 Å². The first kappa shape index (κ1) is 32.3. The van der Waals surface area contributed by atoms with Gasteiger partial charge in [0.15, 0.2) is 0 Å². The maximum absolute atomic E-state index is 14.4. The first-order valence-corrected chi connectivity index (χ1v) is 18.8. The maximum atomic E-state index is 14.4. The van der Waals surface area contributed by atoms with Gasteiger partial charge >= 0.3 is 0 Å². The summed E-state index contributed by atoms with van der Waals surface area (Å²) in [6.45, 7) is 12.0. The van der Waals surface area contributed by atoms with Gasteiger partial charge in [0.2, 0.25) is 9.84 Å². The highest BCUT2D eigenvalue weighted by molar-refractivity contribution is 7.92. The molecule has 7 aromatic carbocycles. The molecule has 9 heteroatoms. The van der Waals surface area contributed by atoms with Crippen LogP contribution in [-0.2, 0) is 9.84 Å². The molecular weight excluding hydrogens is 659 g/mol. The van der Waals surface area contributed by atoms with Crippen LogP contribution in [0.1, 0.15) is 62.3 Å². The van der Waals surface area contributed by atoms with Crippen LogP contribution < -0.4 is 10.5 Å². The van der Waals surface area contributed by atoms with E-state index in [1.54, 1.807) is 40.8 Å². The van der Waals surface area contributed by atoms with Crippen molar-refractivity contribution in [1.29, 1.82) is 0 Å². The molecule has 252 valence electrons. The van der Waals surface area contributed by atoms with Crippen LogP contribution in [0.5, 0.6) is 0 Å². The minimum absolute atomic E-state index is 0.0125. The van der Waals surface area contributed by atoms with E-state index in [1.165, 1.54) is 12.1 Å². The minimum atomic E-state index is -4.15. The lowest BCUT2D eigenvalue weighted by Crippen LogP contribution is -2.40. The first-order chi connectivity index (χ1) is 24.9. The van der Waals surface area contributed by atoms with E-state index in [9.17, 15) is 22.8 Å². The van der Waals surface area contributed by atoms with Crippen molar-refractivity contribution in [3.05, 3.63) is 112 Å². The average Bonchev–Trinajstić information content (AvgIpc) is 3.68. The third-order valence-electron chi connectivity index (χ3n) is 9.73. The molecular formula is C42H33N3O5S. The lowest BCUT2D eigenvalue weighted by molar-refractivity contribution is 0.0893. The van der Waals surface area contributed by atoms with E-state index in [4.69, 9.17) is 4.98 Å². The molecule has 0 saturated heterocycles. The fourth-order valence-electron chi connectivity index (χ4n) is 7.95. The van der Waals surface area contributed by atoms with E-state index in [0.29, 0.717) is 65.6 Å². The van der Waals surface area contributed by atoms with E-state index in [0.717, 1.165) is 15.7 Å². The Labute approximate surface area is 293 Å². The van der Waals surface area contributed by atoms with Crippen LogP contribution in [0.2, 0.25) is 0 Å². The first-order valence-electron chi connectivity index (χ1n) is 17.4. The van der Waals surface area contributed by atoms with Crippen molar-refractivity contribution in [2.45, 2.75) is 51.3 Å². The summed E-state index contributed by atoms with van der Waals surface area (Å²) in [7, 11) is -4.15. The number of nitrogens with zero attached hydrogens (tertiary/aromatic N) is 3. The van der Waals surface area contributed by atoms with Gasteiger partial charge in [-0.1, -0.05) is 84.0 Å². The van der Waals surface area contributed by atoms with Gasteiger partial charge in [0, 0.05) is 43.3 Å². The maximum Gasteiger partial charge on any atom is 0.266 e. The molecule has 8 nitrogen and oxygen atoms in total. The van der Waals surface area contributed by atoms with E-state index in [2.05, 4.69) is 0 Å². The predicted molar refractivity (Wildman–Crippen MR) is 206 cm³/mol. The number of fused-ring (bicyclic) bond motifs is 5. The summed E-state index contributed by atoms with van der Waals surface area (Å²) in [5.41, 5.74) is 2.37. The Bertz CT molecular complexity index is 3110. The third-order valence-corrected chi connectivity index (χ3v) is 11.5. The Hall–Kier alpha value is -5.93. The fraction of sp³-hybridized carbons (Fsp3) is 0.143. The normalized spacial score (nSPS) is 14.1. The van der Waals surface area contributed by atoms with Gasteiger partial charge in [-0.3, -0.25) is 18.8 Å². The highest BCUT2D eigenvalue weighted by atomic mass is 32.2. The molecule has 0 unspecified atom stereocenters. The zero-order valence-corrected chi connectivity index (χ0v) is 29.8. The molecule has 11 rings (SSSR count). The van der Waals surface area contributed by atoms with Gasteiger partial charge in [-0.25, -0.2) is 18.3 Å². The molecule has 2 amide bonds. The van der Waals surface area contributed by atoms with Crippen LogP contribution in [0.4, 0.5) is 5.69 Å². The van der Waals surface area contributed by atoms with Gasteiger partial charge in [0.25, 0.3) is 17.4 Å². The summed E-state index contributed by atoms with van der Waals surface area (Å²) in [6.07, 6.45) is 0. The molecule has 51 heavy (non-hydrogen) atoms. The number of amides is 2. The number of carbonyl (C=O) groups excluding carboxylic acids is 2. The Morgan fingerprint density at radius 2 is 1.10 bits per heavy atom. The average molecular weight is 692 g/mol. The summed E-state index contributed by atoms with van der Waals surface area (Å²) >= 11 is 0. The number of benzene rings is 7. The number of carbonyl (C=O) groups is 2. The summed E-state index contributed by atoms with van der Waals surface area (Å²) in [5, 5.41) is 5.83. The quantitative estimate of drug-likeness (QED) is 0.0965. The van der Waals surface area contributed by atoms with E-state index >= 15 is 0 Å². The Kier molecular flexibility index (Phi) is 7.15. The molecule has 2 aromatic heterocycles. The van der Waals surface area contributed by atoms with Crippen molar-refractivity contribution >= 4 is 97.9 Å². The molecule has 0 fully saturated rings. The van der Waals surface area contributed by atoms with Crippen LogP contribution in [0.25, 0.3) is 70.5 Å². The minimum Gasteiger partial charge on any atom is -0.268 e. The number of anilines is 1. The number of pyridine rings is 1. The molecule has 0 spiro atoms. The number of aromatic nitrogens is 2. The van der Waals surface area contributed by atoms with Crippen LogP contribution in [0, 0.1) is 0 Å². The summed E-state index contributed by atoms with van der Waals surface area (Å²) in [6, 6.07) is 26.3. The van der Waals surface area contributed by atoms with Crippen LogP contribution in [-0.4, -0.2) is 29.6 Å². The second-order valence-electron chi connectivity index (χ2n) is 11.8. The molecule has 0 aliphatic carbocycles. The Balaban J connectivity index is 0.000000595. The van der Waals surface area contributed by atoms with E-state index in [1.807, 2.05) is 84.0 Å². The monoisotopic (exact) mass is 691 g/mol. The molecule has 0 atom stereocenters. The van der Waals surface area contributed by atoms with Crippen molar-refractivity contribution in [2.75, 3.05) is 4.90 Å². The number of rotatable bonds is 1. The van der Waals surface area contributed by atoms with Crippen molar-refractivity contribution in [2.24, 2.45) is 0 Å². The second kappa shape index (κ2) is 11.3.